The van der Waals surface area contributed by atoms with E-state index in [-0.39, 0.29) is 17.4 Å². The second kappa shape index (κ2) is 9.60. The largest absolute Gasteiger partial charge is 0.416 e. The Labute approximate surface area is 174 Å². The van der Waals surface area contributed by atoms with E-state index in [1.54, 1.807) is 30.1 Å². The topological polar surface area (TPSA) is 23.6 Å². The molecule has 0 unspecified atom stereocenters. The number of benzene rings is 2. The summed E-state index contributed by atoms with van der Waals surface area (Å²) in [7, 11) is 1.68. The summed E-state index contributed by atoms with van der Waals surface area (Å²) in [5.41, 5.74) is 0.112. The molecule has 2 aromatic rings. The molecule has 7 heteroatoms. The minimum Gasteiger partial charge on any atom is -0.341 e. The molecule has 0 saturated carbocycles. The van der Waals surface area contributed by atoms with E-state index in [1.165, 1.54) is 24.3 Å². The lowest BCUT2D eigenvalue weighted by molar-refractivity contribution is -0.137. The number of carbonyl (C=O) groups is 1. The van der Waals surface area contributed by atoms with Crippen LogP contribution < -0.4 is 0 Å². The summed E-state index contributed by atoms with van der Waals surface area (Å²) in [5, 5.41) is 0. The second-order valence-corrected chi connectivity index (χ2v) is 7.92. The average molecular weight is 422 g/mol. The Morgan fingerprint density at radius 3 is 2.67 bits per heavy atom. The molecule has 1 amide bonds. The van der Waals surface area contributed by atoms with Gasteiger partial charge in [0, 0.05) is 26.7 Å². The molecule has 0 aliphatic carbocycles. The minimum absolute atomic E-state index is 0.0669. The van der Waals surface area contributed by atoms with Crippen molar-refractivity contribution in [3.8, 4) is 0 Å². The van der Waals surface area contributed by atoms with Crippen LogP contribution in [0.3, 0.4) is 0 Å². The Kier molecular flexibility index (Phi) is 7.13. The van der Waals surface area contributed by atoms with Crippen molar-refractivity contribution in [2.45, 2.75) is 25.4 Å². The molecule has 162 valence electrons. The third-order valence-corrected chi connectivity index (χ3v) is 5.56. The van der Waals surface area contributed by atoms with Crippen LogP contribution in [-0.2, 0) is 12.6 Å². The summed E-state index contributed by atoms with van der Waals surface area (Å²) in [5.74, 6) is -0.615. The third kappa shape index (κ3) is 5.81. The Morgan fingerprint density at radius 1 is 1.17 bits per heavy atom. The maximum absolute atomic E-state index is 13.9. The molecule has 2 aromatic carbocycles. The van der Waals surface area contributed by atoms with Crippen molar-refractivity contribution in [1.82, 2.24) is 9.80 Å². The van der Waals surface area contributed by atoms with Crippen LogP contribution in [-0.4, -0.2) is 48.9 Å². The molecular formula is C23H26F4N2O. The molecule has 1 aliphatic rings. The van der Waals surface area contributed by atoms with Gasteiger partial charge >= 0.3 is 6.18 Å². The predicted molar refractivity (Wildman–Crippen MR) is 108 cm³/mol. The molecule has 0 radical (unpaired) electrons. The number of alkyl halides is 3. The zero-order valence-corrected chi connectivity index (χ0v) is 17.0. The average Bonchev–Trinajstić information content (AvgIpc) is 2.72. The first-order valence-corrected chi connectivity index (χ1v) is 10.1. The molecule has 1 aliphatic heterocycles. The van der Waals surface area contributed by atoms with E-state index in [4.69, 9.17) is 0 Å². The highest BCUT2D eigenvalue weighted by molar-refractivity contribution is 5.94. The van der Waals surface area contributed by atoms with Crippen LogP contribution in [0.1, 0.15) is 34.3 Å². The number of hydrogen-bond acceptors (Lipinski definition) is 2. The number of hydrogen-bond donors (Lipinski definition) is 0. The third-order valence-electron chi connectivity index (χ3n) is 5.56. The lowest BCUT2D eigenvalue weighted by Gasteiger charge is -2.34. The molecule has 1 atom stereocenters. The van der Waals surface area contributed by atoms with Crippen molar-refractivity contribution >= 4 is 5.91 Å². The van der Waals surface area contributed by atoms with Gasteiger partial charge in [0.25, 0.3) is 5.91 Å². The van der Waals surface area contributed by atoms with Crippen molar-refractivity contribution in [3.05, 3.63) is 71.0 Å². The number of amides is 1. The van der Waals surface area contributed by atoms with Crippen molar-refractivity contribution in [2.75, 3.05) is 33.2 Å². The van der Waals surface area contributed by atoms with Crippen molar-refractivity contribution < 1.29 is 22.4 Å². The van der Waals surface area contributed by atoms with Gasteiger partial charge in [0.2, 0.25) is 0 Å². The van der Waals surface area contributed by atoms with E-state index >= 15 is 0 Å². The number of carbonyl (C=O) groups excluding carboxylic acids is 1. The molecule has 3 rings (SSSR count). The Hall–Kier alpha value is -2.41. The highest BCUT2D eigenvalue weighted by Crippen LogP contribution is 2.29. The van der Waals surface area contributed by atoms with Gasteiger partial charge in [-0.25, -0.2) is 4.39 Å². The Morgan fingerprint density at radius 2 is 1.93 bits per heavy atom. The van der Waals surface area contributed by atoms with Gasteiger partial charge in [0.1, 0.15) is 5.82 Å². The summed E-state index contributed by atoms with van der Waals surface area (Å²) < 4.78 is 52.5. The van der Waals surface area contributed by atoms with Gasteiger partial charge in [-0.3, -0.25) is 4.79 Å². The molecule has 0 spiro atoms. The van der Waals surface area contributed by atoms with Crippen LogP contribution in [0.4, 0.5) is 17.6 Å². The fraction of sp³-hybridized carbons (Fsp3) is 0.435. The van der Waals surface area contributed by atoms with Gasteiger partial charge < -0.3 is 9.80 Å². The van der Waals surface area contributed by atoms with E-state index in [2.05, 4.69) is 4.90 Å². The van der Waals surface area contributed by atoms with Crippen LogP contribution >= 0.6 is 0 Å². The van der Waals surface area contributed by atoms with E-state index in [1.807, 2.05) is 0 Å². The van der Waals surface area contributed by atoms with Crippen molar-refractivity contribution in [2.24, 2.45) is 5.92 Å². The maximum Gasteiger partial charge on any atom is 0.416 e. The van der Waals surface area contributed by atoms with E-state index in [9.17, 15) is 22.4 Å². The van der Waals surface area contributed by atoms with E-state index < -0.39 is 17.6 Å². The van der Waals surface area contributed by atoms with Crippen LogP contribution in [0.15, 0.2) is 48.5 Å². The fourth-order valence-corrected chi connectivity index (χ4v) is 4.00. The first-order valence-electron chi connectivity index (χ1n) is 10.1. The molecular weight excluding hydrogens is 396 g/mol. The number of rotatable bonds is 6. The number of piperidine rings is 1. The van der Waals surface area contributed by atoms with E-state index in [0.29, 0.717) is 25.1 Å². The first-order chi connectivity index (χ1) is 14.2. The standard InChI is InChI=1S/C23H26F4N2O/c1-28(22(30)20-9-2-3-10-21(20)24)15-18-7-5-12-29(16-18)13-11-17-6-4-8-19(14-17)23(25,26)27/h2-4,6,8-10,14,18H,5,7,11-13,15-16H2,1H3/t18-/m1/s1. The van der Waals surface area contributed by atoms with Gasteiger partial charge in [-0.2, -0.15) is 13.2 Å². The van der Waals surface area contributed by atoms with Crippen LogP contribution in [0, 0.1) is 11.7 Å². The van der Waals surface area contributed by atoms with Crippen molar-refractivity contribution in [1.29, 1.82) is 0 Å². The number of likely N-dealkylation sites (tertiary alicyclic amines) is 1. The Bertz CT molecular complexity index is 868. The summed E-state index contributed by atoms with van der Waals surface area (Å²) in [6.45, 7) is 2.85. The lowest BCUT2D eigenvalue weighted by Crippen LogP contribution is -2.42. The predicted octanol–water partition coefficient (Wildman–Crippen LogP) is 4.87. The highest BCUT2D eigenvalue weighted by atomic mass is 19.4. The number of nitrogens with zero attached hydrogens (tertiary/aromatic N) is 2. The van der Waals surface area contributed by atoms with Gasteiger partial charge in [-0.15, -0.1) is 0 Å². The Balaban J connectivity index is 1.53. The quantitative estimate of drug-likeness (QED) is 0.620. The monoisotopic (exact) mass is 422 g/mol. The van der Waals surface area contributed by atoms with Crippen LogP contribution in [0.5, 0.6) is 0 Å². The first kappa shape index (κ1) is 22.3. The van der Waals surface area contributed by atoms with Gasteiger partial charge in [0.05, 0.1) is 11.1 Å². The number of halogens is 4. The highest BCUT2D eigenvalue weighted by Gasteiger charge is 2.30. The fourth-order valence-electron chi connectivity index (χ4n) is 4.00. The minimum atomic E-state index is -4.33. The van der Waals surface area contributed by atoms with Gasteiger partial charge in [-0.1, -0.05) is 30.3 Å². The second-order valence-electron chi connectivity index (χ2n) is 7.92. The zero-order chi connectivity index (χ0) is 21.7. The molecule has 30 heavy (non-hydrogen) atoms. The van der Waals surface area contributed by atoms with Crippen molar-refractivity contribution in [3.63, 3.8) is 0 Å². The van der Waals surface area contributed by atoms with Gasteiger partial charge in [-0.05, 0) is 55.5 Å². The molecule has 0 N–H and O–H groups in total. The molecule has 0 aromatic heterocycles. The molecule has 0 bridgehead atoms. The lowest BCUT2D eigenvalue weighted by atomic mass is 9.96. The summed E-state index contributed by atoms with van der Waals surface area (Å²) in [6, 6.07) is 11.4. The summed E-state index contributed by atoms with van der Waals surface area (Å²) >= 11 is 0. The summed E-state index contributed by atoms with van der Waals surface area (Å²) in [4.78, 5) is 16.3. The smallest absolute Gasteiger partial charge is 0.341 e. The molecule has 1 saturated heterocycles. The molecule has 1 heterocycles. The zero-order valence-electron chi connectivity index (χ0n) is 17.0. The summed E-state index contributed by atoms with van der Waals surface area (Å²) in [6.07, 6.45) is -1.86. The molecule has 1 fully saturated rings. The SMILES string of the molecule is CN(C[C@H]1CCCN(CCc2cccc(C(F)(F)F)c2)C1)C(=O)c1ccccc1F. The van der Waals surface area contributed by atoms with Crippen LogP contribution in [0.2, 0.25) is 0 Å². The normalized spacial score (nSPS) is 17.7. The molecule has 3 nitrogen and oxygen atoms in total. The van der Waals surface area contributed by atoms with Gasteiger partial charge in [0.15, 0.2) is 0 Å². The van der Waals surface area contributed by atoms with E-state index in [0.717, 1.165) is 32.0 Å². The maximum atomic E-state index is 13.9. The van der Waals surface area contributed by atoms with Crippen LogP contribution in [0.25, 0.3) is 0 Å².